The lowest BCUT2D eigenvalue weighted by atomic mass is 10.1. The van der Waals surface area contributed by atoms with Crippen molar-refractivity contribution >= 4 is 17.1 Å². The summed E-state index contributed by atoms with van der Waals surface area (Å²) in [5.74, 6) is 0. The Hall–Kier alpha value is -1.78. The first-order valence-electron chi connectivity index (χ1n) is 3.88. The number of benzene rings is 1. The van der Waals surface area contributed by atoms with Crippen LogP contribution in [0.15, 0.2) is 12.1 Å². The van der Waals surface area contributed by atoms with Gasteiger partial charge in [-0.05, 0) is 12.5 Å². The van der Waals surface area contributed by atoms with Gasteiger partial charge in [-0.2, -0.15) is 0 Å². The van der Waals surface area contributed by atoms with Gasteiger partial charge in [-0.3, -0.25) is 10.1 Å². The lowest BCUT2D eigenvalue weighted by Crippen LogP contribution is -2.00. The van der Waals surface area contributed by atoms with E-state index in [1.54, 1.807) is 6.07 Å². The fraction of sp³-hybridized carbons (Fsp3) is 0.250. The lowest BCUT2D eigenvalue weighted by Gasteiger charge is -2.03. The van der Waals surface area contributed by atoms with Gasteiger partial charge in [0, 0.05) is 11.6 Å². The van der Waals surface area contributed by atoms with Crippen LogP contribution in [0.2, 0.25) is 0 Å². The van der Waals surface area contributed by atoms with Crippen LogP contribution < -0.4 is 11.5 Å². The third kappa shape index (κ3) is 1.69. The second kappa shape index (κ2) is 3.30. The molecule has 0 spiro atoms. The standard InChI is InChI=1S/C8H11N3O2/c1-2-5-3-6(9)7(10)4-8(5)11(12)13/h3-4H,2,9-10H2,1H3. The van der Waals surface area contributed by atoms with Gasteiger partial charge in [0.05, 0.1) is 16.3 Å². The molecule has 0 fully saturated rings. The summed E-state index contributed by atoms with van der Waals surface area (Å²) in [6.07, 6.45) is 0.570. The Bertz CT molecular complexity index is 349. The van der Waals surface area contributed by atoms with Crippen molar-refractivity contribution in [3.8, 4) is 0 Å². The highest BCUT2D eigenvalue weighted by Crippen LogP contribution is 2.27. The molecule has 0 bridgehead atoms. The van der Waals surface area contributed by atoms with Gasteiger partial charge in [-0.25, -0.2) is 0 Å². The third-order valence-electron chi connectivity index (χ3n) is 1.86. The van der Waals surface area contributed by atoms with Crippen molar-refractivity contribution in [3.63, 3.8) is 0 Å². The minimum absolute atomic E-state index is 0.0363. The Labute approximate surface area is 75.5 Å². The maximum absolute atomic E-state index is 10.6. The van der Waals surface area contributed by atoms with Crippen molar-refractivity contribution in [1.82, 2.24) is 0 Å². The smallest absolute Gasteiger partial charge is 0.274 e. The van der Waals surface area contributed by atoms with E-state index in [9.17, 15) is 10.1 Å². The third-order valence-corrected chi connectivity index (χ3v) is 1.86. The molecule has 0 aromatic heterocycles. The molecule has 0 atom stereocenters. The Balaban J connectivity index is 3.33. The maximum atomic E-state index is 10.6. The van der Waals surface area contributed by atoms with Crippen LogP contribution in [-0.4, -0.2) is 4.92 Å². The van der Waals surface area contributed by atoms with E-state index in [1.807, 2.05) is 6.92 Å². The summed E-state index contributed by atoms with van der Waals surface area (Å²) in [5.41, 5.74) is 12.3. The molecule has 0 aliphatic rings. The number of anilines is 2. The highest BCUT2D eigenvalue weighted by atomic mass is 16.6. The van der Waals surface area contributed by atoms with Crippen molar-refractivity contribution in [1.29, 1.82) is 0 Å². The summed E-state index contributed by atoms with van der Waals surface area (Å²) in [6.45, 7) is 1.83. The molecule has 1 aromatic rings. The van der Waals surface area contributed by atoms with E-state index in [0.717, 1.165) is 0 Å². The van der Waals surface area contributed by atoms with Crippen molar-refractivity contribution < 1.29 is 4.92 Å². The first kappa shape index (κ1) is 9.31. The molecule has 0 aliphatic carbocycles. The molecule has 0 saturated carbocycles. The van der Waals surface area contributed by atoms with Crippen molar-refractivity contribution in [2.45, 2.75) is 13.3 Å². The van der Waals surface area contributed by atoms with Crippen LogP contribution in [0.1, 0.15) is 12.5 Å². The Morgan fingerprint density at radius 2 is 1.92 bits per heavy atom. The summed E-state index contributed by atoms with van der Waals surface area (Å²) in [6, 6.07) is 2.85. The molecule has 0 unspecified atom stereocenters. The summed E-state index contributed by atoms with van der Waals surface area (Å²) >= 11 is 0. The summed E-state index contributed by atoms with van der Waals surface area (Å²) < 4.78 is 0. The predicted octanol–water partition coefficient (Wildman–Crippen LogP) is 1.32. The van der Waals surface area contributed by atoms with Crippen LogP contribution in [0.25, 0.3) is 0 Å². The minimum atomic E-state index is -0.450. The summed E-state index contributed by atoms with van der Waals surface area (Å²) in [7, 11) is 0. The monoisotopic (exact) mass is 181 g/mol. The van der Waals surface area contributed by atoms with Crippen LogP contribution in [0.3, 0.4) is 0 Å². The van der Waals surface area contributed by atoms with E-state index in [2.05, 4.69) is 0 Å². The maximum Gasteiger partial charge on any atom is 0.274 e. The molecule has 0 aliphatic heterocycles. The largest absolute Gasteiger partial charge is 0.397 e. The number of hydrogen-bond donors (Lipinski definition) is 2. The number of nitrogen functional groups attached to an aromatic ring is 2. The predicted molar refractivity (Wildman–Crippen MR) is 51.3 cm³/mol. The molecule has 0 amide bonds. The first-order chi connectivity index (χ1) is 6.06. The SMILES string of the molecule is CCc1cc(N)c(N)cc1[N+](=O)[O-]. The number of rotatable bonds is 2. The molecular weight excluding hydrogens is 170 g/mol. The molecular formula is C8H11N3O2. The van der Waals surface area contributed by atoms with Gasteiger partial charge < -0.3 is 11.5 Å². The molecule has 1 aromatic carbocycles. The molecule has 5 nitrogen and oxygen atoms in total. The minimum Gasteiger partial charge on any atom is -0.397 e. The number of nitrogens with zero attached hydrogens (tertiary/aromatic N) is 1. The van der Waals surface area contributed by atoms with Crippen LogP contribution in [-0.2, 0) is 6.42 Å². The second-order valence-electron chi connectivity index (χ2n) is 2.72. The molecule has 70 valence electrons. The highest BCUT2D eigenvalue weighted by molar-refractivity contribution is 5.69. The van der Waals surface area contributed by atoms with Gasteiger partial charge in [0.2, 0.25) is 0 Å². The number of nitrogens with two attached hydrogens (primary N) is 2. The lowest BCUT2D eigenvalue weighted by molar-refractivity contribution is -0.385. The molecule has 5 heteroatoms. The average Bonchev–Trinajstić information content (AvgIpc) is 2.08. The zero-order chi connectivity index (χ0) is 10.0. The summed E-state index contributed by atoms with van der Waals surface area (Å²) in [4.78, 5) is 10.1. The number of nitro benzene ring substituents is 1. The quantitative estimate of drug-likeness (QED) is 0.408. The second-order valence-corrected chi connectivity index (χ2v) is 2.72. The summed E-state index contributed by atoms with van der Waals surface area (Å²) in [5, 5.41) is 10.6. The number of aryl methyl sites for hydroxylation is 1. The van der Waals surface area contributed by atoms with Gasteiger partial charge in [0.25, 0.3) is 5.69 Å². The van der Waals surface area contributed by atoms with Crippen LogP contribution in [0.5, 0.6) is 0 Å². The van der Waals surface area contributed by atoms with Gasteiger partial charge in [-0.15, -0.1) is 0 Å². The topological polar surface area (TPSA) is 95.2 Å². The van der Waals surface area contributed by atoms with Crippen molar-refractivity contribution in [2.75, 3.05) is 11.5 Å². The molecule has 13 heavy (non-hydrogen) atoms. The fourth-order valence-corrected chi connectivity index (χ4v) is 1.12. The van der Waals surface area contributed by atoms with E-state index in [-0.39, 0.29) is 11.4 Å². The molecule has 0 heterocycles. The van der Waals surface area contributed by atoms with Gasteiger partial charge in [-0.1, -0.05) is 6.92 Å². The van der Waals surface area contributed by atoms with E-state index < -0.39 is 4.92 Å². The Morgan fingerprint density at radius 3 is 2.38 bits per heavy atom. The fourth-order valence-electron chi connectivity index (χ4n) is 1.12. The Morgan fingerprint density at radius 1 is 1.38 bits per heavy atom. The molecule has 1 rings (SSSR count). The van der Waals surface area contributed by atoms with Crippen LogP contribution in [0, 0.1) is 10.1 Å². The van der Waals surface area contributed by atoms with Gasteiger partial charge in [0.15, 0.2) is 0 Å². The number of hydrogen-bond acceptors (Lipinski definition) is 4. The average molecular weight is 181 g/mol. The normalized spacial score (nSPS) is 9.92. The highest BCUT2D eigenvalue weighted by Gasteiger charge is 2.14. The van der Waals surface area contributed by atoms with E-state index in [4.69, 9.17) is 11.5 Å². The molecule has 4 N–H and O–H groups in total. The van der Waals surface area contributed by atoms with Crippen LogP contribution >= 0.6 is 0 Å². The number of nitro groups is 1. The van der Waals surface area contributed by atoms with Gasteiger partial charge >= 0.3 is 0 Å². The zero-order valence-electron chi connectivity index (χ0n) is 7.28. The van der Waals surface area contributed by atoms with E-state index >= 15 is 0 Å². The Kier molecular flexibility index (Phi) is 2.36. The van der Waals surface area contributed by atoms with Crippen molar-refractivity contribution in [2.24, 2.45) is 0 Å². The van der Waals surface area contributed by atoms with E-state index in [1.165, 1.54) is 6.07 Å². The van der Waals surface area contributed by atoms with Gasteiger partial charge in [0.1, 0.15) is 0 Å². The molecule has 0 saturated heterocycles. The molecule has 0 radical (unpaired) electrons. The zero-order valence-corrected chi connectivity index (χ0v) is 7.28. The van der Waals surface area contributed by atoms with E-state index in [0.29, 0.717) is 17.7 Å². The first-order valence-corrected chi connectivity index (χ1v) is 3.88. The van der Waals surface area contributed by atoms with Crippen LogP contribution in [0.4, 0.5) is 17.1 Å². The van der Waals surface area contributed by atoms with Crippen molar-refractivity contribution in [3.05, 3.63) is 27.8 Å².